The van der Waals surface area contributed by atoms with Crippen LogP contribution >= 0.6 is 0 Å². The molecule has 0 aliphatic heterocycles. The highest BCUT2D eigenvalue weighted by Gasteiger charge is 2.54. The minimum Gasteiger partial charge on any atom is -0.0645 e. The van der Waals surface area contributed by atoms with Crippen molar-refractivity contribution in [3.63, 3.8) is 0 Å². The molecule has 4 rings (SSSR count). The maximum atomic E-state index is 2.34. The third-order valence-electron chi connectivity index (χ3n) is 5.23. The number of fused-ring (bicyclic) bond motifs is 1. The molecule has 0 aromatic heterocycles. The molecular weight excluding hydrogens is 252 g/mol. The number of rotatable bonds is 3. The molecule has 0 radical (unpaired) electrons. The van der Waals surface area contributed by atoms with Crippen LogP contribution in [0.5, 0.6) is 0 Å². The van der Waals surface area contributed by atoms with Crippen LogP contribution in [0.1, 0.15) is 36.8 Å². The van der Waals surface area contributed by atoms with Crippen molar-refractivity contribution >= 4 is 10.8 Å². The first kappa shape index (κ1) is 12.6. The van der Waals surface area contributed by atoms with Gasteiger partial charge in [0.1, 0.15) is 0 Å². The average Bonchev–Trinajstić information content (AvgIpc) is 3.31. The van der Waals surface area contributed by atoms with Gasteiger partial charge in [-0.3, -0.25) is 0 Å². The van der Waals surface area contributed by atoms with Gasteiger partial charge in [0.25, 0.3) is 0 Å². The third-order valence-corrected chi connectivity index (χ3v) is 5.23. The lowest BCUT2D eigenvalue weighted by atomic mass is 9.85. The first-order valence-electron chi connectivity index (χ1n) is 7.88. The normalized spacial score (nSPS) is 24.1. The molecule has 0 nitrogen and oxygen atoms in total. The summed E-state index contributed by atoms with van der Waals surface area (Å²) in [6.45, 7) is 2.34. The fraction of sp³-hybridized carbons (Fsp3) is 0.238. The van der Waals surface area contributed by atoms with Crippen LogP contribution < -0.4 is 0 Å². The molecule has 3 aromatic rings. The molecule has 0 saturated heterocycles. The smallest absolute Gasteiger partial charge is 0.00316 e. The lowest BCUT2D eigenvalue weighted by Gasteiger charge is -2.19. The fourth-order valence-electron chi connectivity index (χ4n) is 3.97. The van der Waals surface area contributed by atoms with Crippen LogP contribution in [0.4, 0.5) is 0 Å². The largest absolute Gasteiger partial charge is 0.0645 e. The zero-order valence-corrected chi connectivity index (χ0v) is 12.4. The van der Waals surface area contributed by atoms with Crippen molar-refractivity contribution in [2.24, 2.45) is 0 Å². The molecule has 0 spiro atoms. The van der Waals surface area contributed by atoms with Crippen LogP contribution in [0.15, 0.2) is 72.8 Å². The highest BCUT2D eigenvalue weighted by molar-refractivity contribution is 5.87. The lowest BCUT2D eigenvalue weighted by Crippen LogP contribution is -2.08. The van der Waals surface area contributed by atoms with E-state index < -0.39 is 0 Å². The van der Waals surface area contributed by atoms with Crippen molar-refractivity contribution in [3.05, 3.63) is 83.9 Å². The number of hydrogen-bond donors (Lipinski definition) is 0. The maximum absolute atomic E-state index is 2.34. The molecule has 3 aromatic carbocycles. The van der Waals surface area contributed by atoms with Gasteiger partial charge in [0.15, 0.2) is 0 Å². The summed E-state index contributed by atoms with van der Waals surface area (Å²) in [7, 11) is 0. The zero-order valence-electron chi connectivity index (χ0n) is 12.4. The van der Waals surface area contributed by atoms with Crippen molar-refractivity contribution in [3.8, 4) is 0 Å². The second-order valence-corrected chi connectivity index (χ2v) is 6.20. The van der Waals surface area contributed by atoms with Gasteiger partial charge in [0.2, 0.25) is 0 Å². The Labute approximate surface area is 126 Å². The van der Waals surface area contributed by atoms with Crippen LogP contribution in [-0.2, 0) is 5.41 Å². The van der Waals surface area contributed by atoms with E-state index in [0.29, 0.717) is 11.3 Å². The van der Waals surface area contributed by atoms with Gasteiger partial charge in [-0.15, -0.1) is 0 Å². The Bertz CT molecular complexity index is 767. The number of hydrogen-bond acceptors (Lipinski definition) is 0. The Morgan fingerprint density at radius 3 is 2.38 bits per heavy atom. The van der Waals surface area contributed by atoms with Crippen molar-refractivity contribution in [2.75, 3.05) is 0 Å². The van der Waals surface area contributed by atoms with E-state index in [2.05, 4.69) is 79.7 Å². The Kier molecular flexibility index (Phi) is 2.85. The summed E-state index contributed by atoms with van der Waals surface area (Å²) in [6, 6.07) is 26.6. The summed E-state index contributed by atoms with van der Waals surface area (Å²) >= 11 is 0. The van der Waals surface area contributed by atoms with E-state index in [1.807, 2.05) is 0 Å². The van der Waals surface area contributed by atoms with Crippen molar-refractivity contribution in [2.45, 2.75) is 31.1 Å². The van der Waals surface area contributed by atoms with Gasteiger partial charge in [-0.05, 0) is 40.7 Å². The van der Waals surface area contributed by atoms with E-state index in [1.165, 1.54) is 34.7 Å². The molecule has 1 aliphatic carbocycles. The Morgan fingerprint density at radius 1 is 0.857 bits per heavy atom. The van der Waals surface area contributed by atoms with E-state index in [1.54, 1.807) is 0 Å². The second kappa shape index (κ2) is 4.73. The van der Waals surface area contributed by atoms with Crippen molar-refractivity contribution in [1.29, 1.82) is 0 Å². The summed E-state index contributed by atoms with van der Waals surface area (Å²) in [4.78, 5) is 0. The molecule has 1 fully saturated rings. The summed E-state index contributed by atoms with van der Waals surface area (Å²) < 4.78 is 0. The first-order chi connectivity index (χ1) is 10.3. The standard InChI is InChI=1S/C21H20/c1-2-21(15-20(21)17-10-4-3-5-11-17)19-14-8-12-16-9-6-7-13-18(16)19/h3-14,20H,2,15H2,1H3. The van der Waals surface area contributed by atoms with Crippen LogP contribution in [0.2, 0.25) is 0 Å². The van der Waals surface area contributed by atoms with Gasteiger partial charge in [0.05, 0.1) is 0 Å². The molecular formula is C21H20. The van der Waals surface area contributed by atoms with Gasteiger partial charge >= 0.3 is 0 Å². The van der Waals surface area contributed by atoms with Gasteiger partial charge in [-0.25, -0.2) is 0 Å². The molecule has 1 aliphatic rings. The van der Waals surface area contributed by atoms with Crippen LogP contribution in [0.3, 0.4) is 0 Å². The van der Waals surface area contributed by atoms with Gasteiger partial charge in [-0.2, -0.15) is 0 Å². The minimum atomic E-state index is 0.336. The van der Waals surface area contributed by atoms with Gasteiger partial charge in [-0.1, -0.05) is 79.7 Å². The topological polar surface area (TPSA) is 0 Å². The monoisotopic (exact) mass is 272 g/mol. The first-order valence-corrected chi connectivity index (χ1v) is 7.88. The Balaban J connectivity index is 1.84. The molecule has 0 heteroatoms. The summed E-state index contributed by atoms with van der Waals surface area (Å²) in [6.07, 6.45) is 2.49. The van der Waals surface area contributed by atoms with E-state index in [4.69, 9.17) is 0 Å². The second-order valence-electron chi connectivity index (χ2n) is 6.20. The van der Waals surface area contributed by atoms with Crippen LogP contribution in [-0.4, -0.2) is 0 Å². The Hall–Kier alpha value is -2.08. The average molecular weight is 272 g/mol. The highest BCUT2D eigenvalue weighted by atomic mass is 14.6. The highest BCUT2D eigenvalue weighted by Crippen LogP contribution is 2.63. The predicted molar refractivity (Wildman–Crippen MR) is 89.7 cm³/mol. The summed E-state index contributed by atoms with van der Waals surface area (Å²) in [5.41, 5.74) is 3.37. The van der Waals surface area contributed by atoms with Gasteiger partial charge in [0, 0.05) is 5.41 Å². The SMILES string of the molecule is CCC1(c2cccc3ccccc23)CC1c1ccccc1. The molecule has 0 amide bonds. The predicted octanol–water partition coefficient (Wildman–Crippen LogP) is 5.68. The summed E-state index contributed by atoms with van der Waals surface area (Å²) in [5, 5.41) is 2.79. The molecule has 104 valence electrons. The lowest BCUT2D eigenvalue weighted by molar-refractivity contribution is 0.643. The molecule has 0 heterocycles. The van der Waals surface area contributed by atoms with Gasteiger partial charge < -0.3 is 0 Å². The Morgan fingerprint density at radius 2 is 1.57 bits per heavy atom. The molecule has 2 unspecified atom stereocenters. The molecule has 0 N–H and O–H groups in total. The molecule has 0 bridgehead atoms. The van der Waals surface area contributed by atoms with Crippen molar-refractivity contribution in [1.82, 2.24) is 0 Å². The van der Waals surface area contributed by atoms with Crippen molar-refractivity contribution < 1.29 is 0 Å². The third kappa shape index (κ3) is 1.90. The van der Waals surface area contributed by atoms with E-state index in [9.17, 15) is 0 Å². The zero-order chi connectivity index (χ0) is 14.3. The quantitative estimate of drug-likeness (QED) is 0.576. The molecule has 1 saturated carbocycles. The fourth-order valence-corrected chi connectivity index (χ4v) is 3.97. The van der Waals surface area contributed by atoms with Crippen LogP contribution in [0, 0.1) is 0 Å². The molecule has 21 heavy (non-hydrogen) atoms. The molecule has 2 atom stereocenters. The summed E-state index contributed by atoms with van der Waals surface area (Å²) in [5.74, 6) is 0.675. The van der Waals surface area contributed by atoms with E-state index >= 15 is 0 Å². The van der Waals surface area contributed by atoms with Crippen LogP contribution in [0.25, 0.3) is 10.8 Å². The van der Waals surface area contributed by atoms with E-state index in [0.717, 1.165) is 0 Å². The van der Waals surface area contributed by atoms with E-state index in [-0.39, 0.29) is 0 Å². The number of benzene rings is 3. The minimum absolute atomic E-state index is 0.336. The maximum Gasteiger partial charge on any atom is 0.00316 e.